The molecule has 0 aromatic carbocycles. The Kier molecular flexibility index (Phi) is 23.9. The van der Waals surface area contributed by atoms with Crippen LogP contribution in [0.4, 0.5) is 0 Å². The van der Waals surface area contributed by atoms with Gasteiger partial charge in [-0.2, -0.15) is 0 Å². The van der Waals surface area contributed by atoms with E-state index in [1.54, 1.807) is 49.0 Å². The molecular formula is C76H112N18O16. The van der Waals surface area contributed by atoms with Crippen molar-refractivity contribution in [2.45, 2.75) is 283 Å². The summed E-state index contributed by atoms with van der Waals surface area (Å²) in [4.78, 5) is 241. The maximum absolute atomic E-state index is 15.0. The predicted octanol–water partition coefficient (Wildman–Crippen LogP) is -1.76. The average Bonchev–Trinajstić information content (AvgIpc) is 1.62. The zero-order chi connectivity index (χ0) is 77.3. The average molecular weight is 1530 g/mol. The highest BCUT2D eigenvalue weighted by Gasteiger charge is 2.55. The van der Waals surface area contributed by atoms with E-state index < -0.39 is 108 Å². The molecule has 14 saturated heterocycles. The van der Waals surface area contributed by atoms with Crippen LogP contribution in [-0.2, 0) is 71.9 Å². The van der Waals surface area contributed by atoms with Crippen LogP contribution in [0.1, 0.15) is 193 Å². The number of likely N-dealkylation sites (tertiary alicyclic amines) is 13. The molecular weight excluding hydrogens is 1420 g/mol. The first-order chi connectivity index (χ1) is 53.1. The molecule has 0 aromatic heterocycles. The zero-order valence-electron chi connectivity index (χ0n) is 63.5. The summed E-state index contributed by atoms with van der Waals surface area (Å²) in [6.07, 6.45) is 13.8. The van der Waals surface area contributed by atoms with E-state index in [-0.39, 0.29) is 155 Å². The lowest BCUT2D eigenvalue weighted by Crippen LogP contribution is -2.60. The maximum atomic E-state index is 15.0. The smallest absolute Gasteiger partial charge is 0.326 e. The third-order valence-corrected chi connectivity index (χ3v) is 26.6. The summed E-state index contributed by atoms with van der Waals surface area (Å²) < 4.78 is 0. The van der Waals surface area contributed by atoms with Gasteiger partial charge in [0.1, 0.15) is 84.6 Å². The fourth-order valence-corrected chi connectivity index (χ4v) is 21.2. The molecule has 34 nitrogen and oxygen atoms in total. The van der Waals surface area contributed by atoms with Gasteiger partial charge in [-0.1, -0.05) is 0 Å². The van der Waals surface area contributed by atoms with E-state index in [4.69, 9.17) is 11.5 Å². The number of nitrogens with one attached hydrogen (secondary N) is 2. The number of hydrogen-bond donors (Lipinski definition) is 5. The maximum Gasteiger partial charge on any atom is 0.326 e. The normalized spacial score (nSPS) is 31.3. The minimum atomic E-state index is -1.24. The Labute approximate surface area is 641 Å². The standard InChI is InChI=1S/C76H112N18O16/c77-76(78)80-32-2-17-47(75(109)110)81-61(95)48-18-3-33-82(48)63(97)50-20-5-35-84(50)65(99)52-22-7-37-86(52)67(101)54-24-9-39-88(54)69(103)56-26-11-41-90(56)71(105)58-28-13-43-92(58)73(107)60-30-15-45-94(60)74(108)59-29-14-44-93(59)72(106)57-27-12-42-91(57)70(104)55-25-10-40-89(55)68(102)53-23-8-38-87(53)66(100)51-21-6-36-85(51)64(98)49-19-4-34-83(49)62(96)46-16-1-31-79-46/h46-60,79H,1-45H2,(H,81,95)(H,109,110)(H4,77,78,80)/t46-,47-,48-,49-,50-,51-,52-,53-,54-,55-,56-,57-,58-,59-,60-/m0/s1. The van der Waals surface area contributed by atoms with Gasteiger partial charge in [-0.3, -0.25) is 72.1 Å². The third kappa shape index (κ3) is 15.2. The number of carbonyl (C=O) groups excluding carboxylic acids is 14. The highest BCUT2D eigenvalue weighted by molar-refractivity contribution is 6.02. The van der Waals surface area contributed by atoms with E-state index >= 15 is 14.4 Å². The lowest BCUT2D eigenvalue weighted by molar-refractivity contribution is -0.156. The van der Waals surface area contributed by atoms with Gasteiger partial charge in [0.25, 0.3) is 0 Å². The molecule has 602 valence electrons. The largest absolute Gasteiger partial charge is 0.480 e. The number of hydrogen-bond acceptors (Lipinski definition) is 17. The molecule has 0 radical (unpaired) electrons. The van der Waals surface area contributed by atoms with Gasteiger partial charge in [0.05, 0.1) is 6.04 Å². The number of aliphatic imine (C=N–C) groups is 1. The van der Waals surface area contributed by atoms with Crippen molar-refractivity contribution in [3.63, 3.8) is 0 Å². The number of aliphatic carboxylic acids is 1. The quantitative estimate of drug-likeness (QED) is 0.0512. The van der Waals surface area contributed by atoms with Crippen LogP contribution in [0.25, 0.3) is 0 Å². The van der Waals surface area contributed by atoms with Crippen LogP contribution in [0.15, 0.2) is 4.99 Å². The molecule has 110 heavy (non-hydrogen) atoms. The summed E-state index contributed by atoms with van der Waals surface area (Å²) in [5, 5.41) is 15.7. The Morgan fingerprint density at radius 1 is 0.300 bits per heavy atom. The summed E-state index contributed by atoms with van der Waals surface area (Å²) in [6.45, 7) is 4.74. The molecule has 14 heterocycles. The summed E-state index contributed by atoms with van der Waals surface area (Å²) >= 11 is 0. The van der Waals surface area contributed by atoms with Gasteiger partial charge < -0.3 is 90.9 Å². The van der Waals surface area contributed by atoms with Crippen molar-refractivity contribution in [1.82, 2.24) is 74.3 Å². The number of carbonyl (C=O) groups is 15. The molecule has 7 N–H and O–H groups in total. The first-order valence-electron chi connectivity index (χ1n) is 41.4. The number of rotatable bonds is 20. The lowest BCUT2D eigenvalue weighted by Gasteiger charge is -2.38. The monoisotopic (exact) mass is 1530 g/mol. The van der Waals surface area contributed by atoms with Crippen molar-refractivity contribution in [2.24, 2.45) is 16.5 Å². The van der Waals surface area contributed by atoms with Crippen molar-refractivity contribution in [2.75, 3.05) is 98.2 Å². The summed E-state index contributed by atoms with van der Waals surface area (Å²) in [5.41, 5.74) is 10.8. The number of amides is 14. The summed E-state index contributed by atoms with van der Waals surface area (Å²) in [5.74, 6) is -6.32. The van der Waals surface area contributed by atoms with Gasteiger partial charge in [-0.05, 0) is 199 Å². The van der Waals surface area contributed by atoms with E-state index in [0.29, 0.717) is 193 Å². The van der Waals surface area contributed by atoms with Crippen molar-refractivity contribution in [1.29, 1.82) is 0 Å². The first-order valence-corrected chi connectivity index (χ1v) is 41.4. The fourth-order valence-electron chi connectivity index (χ4n) is 21.2. The second kappa shape index (κ2) is 33.7. The van der Waals surface area contributed by atoms with E-state index in [2.05, 4.69) is 15.6 Å². The minimum absolute atomic E-state index is 0.0530. The van der Waals surface area contributed by atoms with E-state index in [9.17, 15) is 62.6 Å². The van der Waals surface area contributed by atoms with Crippen molar-refractivity contribution < 1.29 is 77.0 Å². The van der Waals surface area contributed by atoms with Gasteiger partial charge in [0.2, 0.25) is 82.7 Å². The molecule has 15 atom stereocenters. The lowest BCUT2D eigenvalue weighted by atomic mass is 10.1. The van der Waals surface area contributed by atoms with Crippen molar-refractivity contribution in [3.8, 4) is 0 Å². The van der Waals surface area contributed by atoms with Crippen LogP contribution in [-0.4, -0.2) is 352 Å². The van der Waals surface area contributed by atoms with Gasteiger partial charge >= 0.3 is 5.97 Å². The Hall–Kier alpha value is -8.72. The number of nitrogens with two attached hydrogens (primary N) is 2. The Morgan fingerprint density at radius 2 is 0.500 bits per heavy atom. The van der Waals surface area contributed by atoms with Crippen LogP contribution >= 0.6 is 0 Å². The summed E-state index contributed by atoms with van der Waals surface area (Å²) in [6, 6.07) is -12.8. The van der Waals surface area contributed by atoms with E-state index in [0.717, 1.165) is 19.4 Å². The minimum Gasteiger partial charge on any atom is -0.480 e. The highest BCUT2D eigenvalue weighted by Crippen LogP contribution is 2.38. The van der Waals surface area contributed by atoms with Gasteiger partial charge in [0, 0.05) is 91.6 Å². The van der Waals surface area contributed by atoms with Crippen LogP contribution in [0.5, 0.6) is 0 Å². The molecule has 0 aliphatic carbocycles. The highest BCUT2D eigenvalue weighted by atomic mass is 16.4. The molecule has 14 aliphatic heterocycles. The summed E-state index contributed by atoms with van der Waals surface area (Å²) in [7, 11) is 0. The number of nitrogens with zero attached hydrogens (tertiary/aromatic N) is 14. The number of carboxylic acid groups (broad SMARTS) is 1. The van der Waals surface area contributed by atoms with Gasteiger partial charge in [0.15, 0.2) is 5.96 Å². The molecule has 0 unspecified atom stereocenters. The molecule has 14 aliphatic rings. The Morgan fingerprint density at radius 3 is 0.691 bits per heavy atom. The molecule has 34 heteroatoms. The van der Waals surface area contributed by atoms with Gasteiger partial charge in [-0.25, -0.2) is 4.79 Å². The number of guanidine groups is 1. The van der Waals surface area contributed by atoms with Crippen LogP contribution < -0.4 is 22.1 Å². The fraction of sp³-hybridized carbons (Fsp3) is 0.789. The van der Waals surface area contributed by atoms with Crippen LogP contribution in [0.3, 0.4) is 0 Å². The molecule has 0 spiro atoms. The predicted molar refractivity (Wildman–Crippen MR) is 392 cm³/mol. The van der Waals surface area contributed by atoms with Crippen LogP contribution in [0, 0.1) is 0 Å². The molecule has 0 saturated carbocycles. The molecule has 14 amide bonds. The third-order valence-electron chi connectivity index (χ3n) is 26.6. The second-order valence-electron chi connectivity index (χ2n) is 33.0. The number of carboxylic acids is 1. The van der Waals surface area contributed by atoms with Crippen molar-refractivity contribution in [3.05, 3.63) is 0 Å². The van der Waals surface area contributed by atoms with Crippen molar-refractivity contribution >= 4 is 94.6 Å². The molecule has 0 bridgehead atoms. The first kappa shape index (κ1) is 78.0. The Balaban J connectivity index is 0.571. The van der Waals surface area contributed by atoms with E-state index in [1.807, 2.05) is 0 Å². The zero-order valence-corrected chi connectivity index (χ0v) is 63.5. The molecule has 0 aromatic rings. The van der Waals surface area contributed by atoms with Crippen LogP contribution in [0.2, 0.25) is 0 Å². The SMILES string of the molecule is NC(N)=NCCC[C@H](NC(=O)[C@@H]1CCCN1C(=O)[C@@H]1CCCN1C(=O)[C@@H]1CCCN1C(=O)[C@@H]1CCCN1C(=O)[C@@H]1CCCN1C(=O)[C@@H]1CCCN1C(=O)[C@@H]1CCCN1C(=O)[C@@H]1CCCN1C(=O)[C@@H]1CCCN1C(=O)[C@@H]1CCCN1C(=O)[C@@H]1CCCN1C(=O)[C@@H]1CCCN1C(=O)[C@@H]1CCCN1C(=O)[C@@H]1CCCN1)C(=O)O. The van der Waals surface area contributed by atoms with E-state index in [1.165, 1.54) is 14.7 Å². The second-order valence-corrected chi connectivity index (χ2v) is 33.0. The Bertz CT molecular complexity index is 3650. The molecule has 14 fully saturated rings. The molecule has 14 rings (SSSR count). The topological polar surface area (TPSA) is 407 Å². The van der Waals surface area contributed by atoms with Gasteiger partial charge in [-0.15, -0.1) is 0 Å².